The Bertz CT molecular complexity index is 1160. The first kappa shape index (κ1) is 26.9. The first-order valence-corrected chi connectivity index (χ1v) is 13.7. The normalized spacial score (nSPS) is 16.4. The van der Waals surface area contributed by atoms with Gasteiger partial charge >= 0.3 is 11.9 Å². The molecule has 0 aliphatic carbocycles. The summed E-state index contributed by atoms with van der Waals surface area (Å²) in [6.45, 7) is 6.66. The van der Waals surface area contributed by atoms with E-state index in [0.717, 1.165) is 25.8 Å². The van der Waals surface area contributed by atoms with E-state index in [1.54, 1.807) is 36.6 Å². The van der Waals surface area contributed by atoms with Crippen molar-refractivity contribution in [1.82, 2.24) is 9.47 Å². The van der Waals surface area contributed by atoms with Crippen LogP contribution in [-0.4, -0.2) is 70.5 Å². The molecule has 1 aliphatic heterocycles. The minimum atomic E-state index is -0.453. The SMILES string of the molecule is CCOC(=O)Cn1c(=NC(=O)CSCC(=O)N2CCCCC2C)sc2cc(C(=O)OCC)ccc21. The highest BCUT2D eigenvalue weighted by Crippen LogP contribution is 2.21. The lowest BCUT2D eigenvalue weighted by molar-refractivity contribution is -0.143. The average molecular weight is 522 g/mol. The zero-order valence-electron chi connectivity index (χ0n) is 20.3. The minimum absolute atomic E-state index is 0.0423. The summed E-state index contributed by atoms with van der Waals surface area (Å²) >= 11 is 2.44. The maximum atomic E-state index is 12.6. The predicted octanol–water partition coefficient (Wildman–Crippen LogP) is 3.00. The number of thioether (sulfide) groups is 1. The van der Waals surface area contributed by atoms with Gasteiger partial charge in [0, 0.05) is 12.6 Å². The minimum Gasteiger partial charge on any atom is -0.465 e. The van der Waals surface area contributed by atoms with Gasteiger partial charge in [0.05, 0.1) is 40.5 Å². The lowest BCUT2D eigenvalue weighted by Crippen LogP contribution is -2.43. The molecule has 2 amide bonds. The molecule has 9 nitrogen and oxygen atoms in total. The number of hydrogen-bond acceptors (Lipinski definition) is 8. The molecular weight excluding hydrogens is 490 g/mol. The van der Waals surface area contributed by atoms with Gasteiger partial charge in [-0.15, -0.1) is 11.8 Å². The molecule has 3 rings (SSSR count). The Morgan fingerprint density at radius 2 is 1.89 bits per heavy atom. The van der Waals surface area contributed by atoms with Gasteiger partial charge in [0.25, 0.3) is 5.91 Å². The van der Waals surface area contributed by atoms with Crippen LogP contribution in [0.25, 0.3) is 10.2 Å². The summed E-state index contributed by atoms with van der Waals surface area (Å²) in [6, 6.07) is 5.21. The number of ether oxygens (including phenoxy) is 2. The van der Waals surface area contributed by atoms with E-state index < -0.39 is 17.8 Å². The second-order valence-electron chi connectivity index (χ2n) is 8.11. The molecule has 0 radical (unpaired) electrons. The van der Waals surface area contributed by atoms with Crippen LogP contribution in [0.2, 0.25) is 0 Å². The van der Waals surface area contributed by atoms with Crippen molar-refractivity contribution in [2.45, 2.75) is 52.6 Å². The fraction of sp³-hybridized carbons (Fsp3) is 0.542. The number of amides is 2. The highest BCUT2D eigenvalue weighted by Gasteiger charge is 2.23. The van der Waals surface area contributed by atoms with Crippen LogP contribution in [0, 0.1) is 0 Å². The number of hydrogen-bond donors (Lipinski definition) is 0. The quantitative estimate of drug-likeness (QED) is 0.467. The molecule has 2 aromatic rings. The van der Waals surface area contributed by atoms with Crippen molar-refractivity contribution in [2.24, 2.45) is 4.99 Å². The van der Waals surface area contributed by atoms with E-state index in [9.17, 15) is 19.2 Å². The van der Waals surface area contributed by atoms with E-state index >= 15 is 0 Å². The third-order valence-corrected chi connectivity index (χ3v) is 7.52. The second-order valence-corrected chi connectivity index (χ2v) is 10.1. The monoisotopic (exact) mass is 521 g/mol. The zero-order chi connectivity index (χ0) is 25.4. The van der Waals surface area contributed by atoms with Crippen LogP contribution in [-0.2, 0) is 30.4 Å². The van der Waals surface area contributed by atoms with Gasteiger partial charge in [-0.25, -0.2) is 4.79 Å². The topological polar surface area (TPSA) is 107 Å². The van der Waals surface area contributed by atoms with E-state index in [1.807, 2.05) is 4.90 Å². The Kier molecular flexibility index (Phi) is 9.91. The van der Waals surface area contributed by atoms with E-state index in [4.69, 9.17) is 9.47 Å². The van der Waals surface area contributed by atoms with Gasteiger partial charge < -0.3 is 18.9 Å². The summed E-state index contributed by atoms with van der Waals surface area (Å²) in [6.07, 6.45) is 3.16. The smallest absolute Gasteiger partial charge is 0.338 e. The molecule has 0 spiro atoms. The number of thiazole rings is 1. The highest BCUT2D eigenvalue weighted by atomic mass is 32.2. The first-order valence-electron chi connectivity index (χ1n) is 11.7. The summed E-state index contributed by atoms with van der Waals surface area (Å²) < 4.78 is 12.4. The first-order chi connectivity index (χ1) is 16.8. The third kappa shape index (κ3) is 7.17. The van der Waals surface area contributed by atoms with Crippen LogP contribution in [0.15, 0.2) is 23.2 Å². The Morgan fingerprint density at radius 1 is 1.11 bits per heavy atom. The number of carbonyl (C=O) groups excluding carboxylic acids is 4. The van der Waals surface area contributed by atoms with Gasteiger partial charge in [0.2, 0.25) is 5.91 Å². The molecule has 1 saturated heterocycles. The van der Waals surface area contributed by atoms with Crippen molar-refractivity contribution in [3.63, 3.8) is 0 Å². The molecular formula is C24H31N3O6S2. The summed E-state index contributed by atoms with van der Waals surface area (Å²) in [5, 5.41) is 0. The average Bonchev–Trinajstić information content (AvgIpc) is 3.15. The molecule has 0 bridgehead atoms. The van der Waals surface area contributed by atoms with Crippen molar-refractivity contribution in [3.05, 3.63) is 28.6 Å². The van der Waals surface area contributed by atoms with E-state index in [1.165, 1.54) is 23.1 Å². The number of likely N-dealkylation sites (tertiary alicyclic amines) is 1. The van der Waals surface area contributed by atoms with Crippen molar-refractivity contribution in [2.75, 3.05) is 31.3 Å². The van der Waals surface area contributed by atoms with Crippen LogP contribution in [0.4, 0.5) is 0 Å². The maximum absolute atomic E-state index is 12.6. The number of esters is 2. The zero-order valence-corrected chi connectivity index (χ0v) is 21.9. The number of aromatic nitrogens is 1. The van der Waals surface area contributed by atoms with Crippen molar-refractivity contribution >= 4 is 57.1 Å². The molecule has 2 heterocycles. The fourth-order valence-corrected chi connectivity index (χ4v) is 5.67. The molecule has 1 aromatic carbocycles. The number of piperidine rings is 1. The van der Waals surface area contributed by atoms with Crippen LogP contribution < -0.4 is 4.80 Å². The van der Waals surface area contributed by atoms with E-state index in [-0.39, 0.29) is 43.2 Å². The lowest BCUT2D eigenvalue weighted by atomic mass is 10.0. The number of fused-ring (bicyclic) bond motifs is 1. The van der Waals surface area contributed by atoms with Crippen LogP contribution >= 0.6 is 23.1 Å². The molecule has 1 fully saturated rings. The van der Waals surface area contributed by atoms with Gasteiger partial charge in [0.1, 0.15) is 6.54 Å². The number of benzene rings is 1. The summed E-state index contributed by atoms with van der Waals surface area (Å²) in [4.78, 5) is 55.9. The lowest BCUT2D eigenvalue weighted by Gasteiger charge is -2.33. The number of nitrogens with zero attached hydrogens (tertiary/aromatic N) is 3. The molecule has 0 N–H and O–H groups in total. The van der Waals surface area contributed by atoms with E-state index in [0.29, 0.717) is 20.6 Å². The second kappa shape index (κ2) is 12.9. The van der Waals surface area contributed by atoms with Crippen molar-refractivity contribution in [1.29, 1.82) is 0 Å². The van der Waals surface area contributed by atoms with Gasteiger partial charge in [-0.05, 0) is 58.2 Å². The molecule has 0 saturated carbocycles. The van der Waals surface area contributed by atoms with Gasteiger partial charge in [-0.2, -0.15) is 4.99 Å². The van der Waals surface area contributed by atoms with E-state index in [2.05, 4.69) is 11.9 Å². The standard InChI is InChI=1S/C24H31N3O6S2/c1-4-32-22(30)13-27-18-10-9-17(23(31)33-5-2)12-19(18)35-24(27)25-20(28)14-34-15-21(29)26-11-7-6-8-16(26)3/h9-10,12,16H,4-8,11,13-15H2,1-3H3. The van der Waals surface area contributed by atoms with Gasteiger partial charge in [-0.3, -0.25) is 14.4 Å². The largest absolute Gasteiger partial charge is 0.465 e. The van der Waals surface area contributed by atoms with Gasteiger partial charge in [-0.1, -0.05) is 11.3 Å². The van der Waals surface area contributed by atoms with Crippen molar-refractivity contribution in [3.8, 4) is 0 Å². The molecule has 1 atom stereocenters. The van der Waals surface area contributed by atoms with Crippen LogP contribution in [0.5, 0.6) is 0 Å². The van der Waals surface area contributed by atoms with Gasteiger partial charge in [0.15, 0.2) is 4.80 Å². The number of rotatable bonds is 9. The molecule has 1 unspecified atom stereocenters. The molecule has 190 valence electrons. The Balaban J connectivity index is 1.78. The summed E-state index contributed by atoms with van der Waals surface area (Å²) in [5.41, 5.74) is 1.03. The van der Waals surface area contributed by atoms with Crippen LogP contribution in [0.1, 0.15) is 50.4 Å². The fourth-order valence-electron chi connectivity index (χ4n) is 3.90. The Morgan fingerprint density at radius 3 is 2.60 bits per heavy atom. The predicted molar refractivity (Wildman–Crippen MR) is 135 cm³/mol. The highest BCUT2D eigenvalue weighted by molar-refractivity contribution is 8.00. The summed E-state index contributed by atoms with van der Waals surface area (Å²) in [7, 11) is 0. The summed E-state index contributed by atoms with van der Waals surface area (Å²) in [5.74, 6) is -0.978. The molecule has 35 heavy (non-hydrogen) atoms. The Labute approximate surface area is 212 Å². The van der Waals surface area contributed by atoms with Crippen molar-refractivity contribution < 1.29 is 28.7 Å². The third-order valence-electron chi connectivity index (χ3n) is 5.58. The molecule has 11 heteroatoms. The molecule has 1 aromatic heterocycles. The maximum Gasteiger partial charge on any atom is 0.338 e. The Hall–Kier alpha value is -2.66. The molecule has 1 aliphatic rings. The number of carbonyl (C=O) groups is 4. The van der Waals surface area contributed by atoms with Crippen LogP contribution in [0.3, 0.4) is 0 Å².